The lowest BCUT2D eigenvalue weighted by Crippen LogP contribution is -1.94. The van der Waals surface area contributed by atoms with Gasteiger partial charge in [0.25, 0.3) is 0 Å². The third kappa shape index (κ3) is 2.54. The molecule has 0 radical (unpaired) electrons. The van der Waals surface area contributed by atoms with Crippen molar-refractivity contribution in [1.29, 1.82) is 0 Å². The van der Waals surface area contributed by atoms with Gasteiger partial charge in [-0.05, 0) is 48.0 Å². The zero-order valence-corrected chi connectivity index (χ0v) is 14.7. The van der Waals surface area contributed by atoms with E-state index in [4.69, 9.17) is 4.98 Å². The standard InChI is InChI=1S/C22H15FN4O/c23-14-10-8-13(9-11-14)20-19(15-4-1-2-5-16(15)25-20)22-26-18-7-3-6-17(24-12-28)21(18)27-22/h1-12,25H,(H,24,28)(H,26,27). The van der Waals surface area contributed by atoms with Crippen LogP contribution in [0.15, 0.2) is 66.7 Å². The van der Waals surface area contributed by atoms with Gasteiger partial charge in [0.15, 0.2) is 0 Å². The molecule has 0 unspecified atom stereocenters. The molecule has 136 valence electrons. The average molecular weight is 370 g/mol. The maximum absolute atomic E-state index is 13.4. The Morgan fingerprint density at radius 1 is 0.893 bits per heavy atom. The van der Waals surface area contributed by atoms with Crippen molar-refractivity contribution in [2.24, 2.45) is 0 Å². The molecule has 0 aliphatic heterocycles. The lowest BCUT2D eigenvalue weighted by atomic mass is 10.0. The first kappa shape index (κ1) is 16.3. The van der Waals surface area contributed by atoms with Gasteiger partial charge in [0, 0.05) is 10.9 Å². The number of para-hydroxylation sites is 2. The molecule has 0 aliphatic rings. The van der Waals surface area contributed by atoms with Crippen molar-refractivity contribution in [2.75, 3.05) is 5.32 Å². The average Bonchev–Trinajstić information content (AvgIpc) is 3.30. The summed E-state index contributed by atoms with van der Waals surface area (Å²) in [5, 5.41) is 3.69. The van der Waals surface area contributed by atoms with E-state index < -0.39 is 0 Å². The van der Waals surface area contributed by atoms with Crippen molar-refractivity contribution in [1.82, 2.24) is 15.0 Å². The molecule has 2 heterocycles. The van der Waals surface area contributed by atoms with Gasteiger partial charge in [-0.25, -0.2) is 9.37 Å². The van der Waals surface area contributed by atoms with E-state index in [9.17, 15) is 9.18 Å². The van der Waals surface area contributed by atoms with Gasteiger partial charge in [-0.1, -0.05) is 24.3 Å². The number of halogens is 1. The smallest absolute Gasteiger partial charge is 0.211 e. The second kappa shape index (κ2) is 6.35. The van der Waals surface area contributed by atoms with E-state index in [2.05, 4.69) is 15.3 Å². The summed E-state index contributed by atoms with van der Waals surface area (Å²) in [4.78, 5) is 22.4. The monoisotopic (exact) mass is 370 g/mol. The van der Waals surface area contributed by atoms with Crippen LogP contribution >= 0.6 is 0 Å². The summed E-state index contributed by atoms with van der Waals surface area (Å²) in [6.07, 6.45) is 0.638. The highest BCUT2D eigenvalue weighted by Crippen LogP contribution is 2.38. The number of amides is 1. The van der Waals surface area contributed by atoms with Crippen molar-refractivity contribution < 1.29 is 9.18 Å². The Morgan fingerprint density at radius 3 is 2.50 bits per heavy atom. The maximum Gasteiger partial charge on any atom is 0.211 e. The van der Waals surface area contributed by atoms with Crippen molar-refractivity contribution in [2.45, 2.75) is 0 Å². The summed E-state index contributed by atoms with van der Waals surface area (Å²) in [6, 6.07) is 19.9. The van der Waals surface area contributed by atoms with Gasteiger partial charge >= 0.3 is 0 Å². The molecule has 0 spiro atoms. The quantitative estimate of drug-likeness (QED) is 0.386. The number of fused-ring (bicyclic) bond motifs is 2. The van der Waals surface area contributed by atoms with Crippen molar-refractivity contribution in [3.63, 3.8) is 0 Å². The van der Waals surface area contributed by atoms with Gasteiger partial charge in [0.1, 0.15) is 17.2 Å². The highest BCUT2D eigenvalue weighted by atomic mass is 19.1. The van der Waals surface area contributed by atoms with Crippen molar-refractivity contribution in [3.05, 3.63) is 72.5 Å². The number of hydrogen-bond donors (Lipinski definition) is 3. The first-order valence-electron chi connectivity index (χ1n) is 8.80. The molecule has 3 N–H and O–H groups in total. The zero-order chi connectivity index (χ0) is 19.1. The molecular weight excluding hydrogens is 355 g/mol. The molecular formula is C22H15FN4O. The van der Waals surface area contributed by atoms with Gasteiger partial charge in [0.05, 0.1) is 22.5 Å². The van der Waals surface area contributed by atoms with Crippen LogP contribution in [0.4, 0.5) is 10.1 Å². The van der Waals surface area contributed by atoms with Gasteiger partial charge in [-0.15, -0.1) is 0 Å². The molecule has 0 fully saturated rings. The summed E-state index contributed by atoms with van der Waals surface area (Å²) < 4.78 is 13.4. The topological polar surface area (TPSA) is 73.6 Å². The van der Waals surface area contributed by atoms with Gasteiger partial charge in [-0.3, -0.25) is 4.79 Å². The van der Waals surface area contributed by atoms with E-state index in [1.54, 1.807) is 18.2 Å². The molecule has 5 aromatic rings. The van der Waals surface area contributed by atoms with E-state index in [0.717, 1.165) is 33.2 Å². The number of aromatic amines is 2. The van der Waals surface area contributed by atoms with Crippen LogP contribution < -0.4 is 5.32 Å². The Kier molecular flexibility index (Phi) is 3.69. The number of imidazole rings is 1. The number of anilines is 1. The first-order valence-corrected chi connectivity index (χ1v) is 8.80. The third-order valence-corrected chi connectivity index (χ3v) is 4.80. The summed E-state index contributed by atoms with van der Waals surface area (Å²) in [6.45, 7) is 0. The predicted molar refractivity (Wildman–Crippen MR) is 108 cm³/mol. The minimum absolute atomic E-state index is 0.283. The molecule has 6 heteroatoms. The van der Waals surface area contributed by atoms with Gasteiger partial charge in [0.2, 0.25) is 6.41 Å². The minimum Gasteiger partial charge on any atom is -0.354 e. The van der Waals surface area contributed by atoms with Crippen LogP contribution in [0.2, 0.25) is 0 Å². The molecule has 0 atom stereocenters. The van der Waals surface area contributed by atoms with E-state index in [1.165, 1.54) is 12.1 Å². The Hall–Kier alpha value is -3.93. The van der Waals surface area contributed by atoms with Crippen LogP contribution in [0, 0.1) is 5.82 Å². The van der Waals surface area contributed by atoms with E-state index in [0.29, 0.717) is 23.4 Å². The first-order chi connectivity index (χ1) is 13.7. The molecule has 0 aliphatic carbocycles. The number of aromatic nitrogens is 3. The fourth-order valence-electron chi connectivity index (χ4n) is 3.55. The second-order valence-electron chi connectivity index (χ2n) is 6.48. The normalized spacial score (nSPS) is 11.2. The number of H-pyrrole nitrogens is 2. The van der Waals surface area contributed by atoms with Crippen LogP contribution in [0.1, 0.15) is 0 Å². The van der Waals surface area contributed by atoms with Crippen LogP contribution in [0.25, 0.3) is 44.6 Å². The molecule has 0 saturated carbocycles. The number of benzene rings is 3. The van der Waals surface area contributed by atoms with Gasteiger partial charge < -0.3 is 15.3 Å². The second-order valence-corrected chi connectivity index (χ2v) is 6.48. The lowest BCUT2D eigenvalue weighted by molar-refractivity contribution is -0.105. The summed E-state index contributed by atoms with van der Waals surface area (Å²) >= 11 is 0. The van der Waals surface area contributed by atoms with E-state index in [-0.39, 0.29) is 5.82 Å². The fraction of sp³-hybridized carbons (Fsp3) is 0. The molecule has 0 saturated heterocycles. The Balaban J connectivity index is 1.79. The SMILES string of the molecule is O=CNc1cccc2[nH]c(-c3c(-c4ccc(F)cc4)[nH]c4ccccc34)nc12. The van der Waals surface area contributed by atoms with Gasteiger partial charge in [-0.2, -0.15) is 0 Å². The van der Waals surface area contributed by atoms with Crippen LogP contribution in [-0.4, -0.2) is 21.4 Å². The Labute approximate surface area is 159 Å². The number of nitrogens with one attached hydrogen (secondary N) is 3. The Morgan fingerprint density at radius 2 is 1.68 bits per heavy atom. The molecule has 5 rings (SSSR count). The molecule has 3 aromatic carbocycles. The van der Waals surface area contributed by atoms with E-state index >= 15 is 0 Å². The number of hydrogen-bond acceptors (Lipinski definition) is 2. The zero-order valence-electron chi connectivity index (χ0n) is 14.7. The van der Waals surface area contributed by atoms with Crippen LogP contribution in [0.3, 0.4) is 0 Å². The van der Waals surface area contributed by atoms with Crippen molar-refractivity contribution in [3.8, 4) is 22.6 Å². The fourth-order valence-corrected chi connectivity index (χ4v) is 3.55. The third-order valence-electron chi connectivity index (χ3n) is 4.80. The lowest BCUT2D eigenvalue weighted by Gasteiger charge is -2.03. The number of carbonyl (C=O) groups excluding carboxylic acids is 1. The summed E-state index contributed by atoms with van der Waals surface area (Å²) in [5.41, 5.74) is 5.71. The summed E-state index contributed by atoms with van der Waals surface area (Å²) in [5.74, 6) is 0.390. The highest BCUT2D eigenvalue weighted by molar-refractivity contribution is 6.04. The molecule has 5 nitrogen and oxygen atoms in total. The van der Waals surface area contributed by atoms with Crippen LogP contribution in [0.5, 0.6) is 0 Å². The number of rotatable bonds is 4. The van der Waals surface area contributed by atoms with E-state index in [1.807, 2.05) is 36.4 Å². The predicted octanol–water partition coefficient (Wildman–Crippen LogP) is 5.09. The summed E-state index contributed by atoms with van der Waals surface area (Å²) in [7, 11) is 0. The Bertz CT molecular complexity index is 1320. The number of carbonyl (C=O) groups is 1. The highest BCUT2D eigenvalue weighted by Gasteiger charge is 2.18. The number of nitrogens with zero attached hydrogens (tertiary/aromatic N) is 1. The molecule has 28 heavy (non-hydrogen) atoms. The largest absolute Gasteiger partial charge is 0.354 e. The van der Waals surface area contributed by atoms with Crippen molar-refractivity contribution >= 4 is 34.0 Å². The maximum atomic E-state index is 13.4. The molecule has 0 bridgehead atoms. The minimum atomic E-state index is -0.283. The molecule has 1 amide bonds. The van der Waals surface area contributed by atoms with Crippen LogP contribution in [-0.2, 0) is 4.79 Å². The molecule has 2 aromatic heterocycles.